The topological polar surface area (TPSA) is 98.3 Å². The molecule has 4 aliphatic rings. The van der Waals surface area contributed by atoms with Crippen molar-refractivity contribution in [2.75, 3.05) is 67.0 Å². The Kier molecular flexibility index (Phi) is 9.66. The lowest BCUT2D eigenvalue weighted by Crippen LogP contribution is -2.57. The van der Waals surface area contributed by atoms with Crippen molar-refractivity contribution >= 4 is 34.6 Å². The van der Waals surface area contributed by atoms with Gasteiger partial charge in [-0.3, -0.25) is 19.4 Å². The average molecular weight is 675 g/mol. The number of hydrogen-bond acceptors (Lipinski definition) is 10. The van der Waals surface area contributed by atoms with Gasteiger partial charge in [-0.05, 0) is 56.9 Å². The van der Waals surface area contributed by atoms with Crippen LogP contribution in [0.3, 0.4) is 0 Å². The number of rotatable bonds is 10. The smallest absolute Gasteiger partial charge is 0.247 e. The van der Waals surface area contributed by atoms with Gasteiger partial charge in [0.05, 0.1) is 36.8 Å². The maximum atomic E-state index is 14.7. The molecule has 13 heteroatoms. The number of piperidine rings is 1. The Morgan fingerprint density at radius 2 is 1.78 bits per heavy atom. The van der Waals surface area contributed by atoms with Crippen LogP contribution in [0.5, 0.6) is 5.75 Å². The first kappa shape index (κ1) is 33.2. The summed E-state index contributed by atoms with van der Waals surface area (Å²) in [4.78, 5) is 34.8. The van der Waals surface area contributed by atoms with Crippen molar-refractivity contribution in [3.8, 4) is 5.75 Å². The maximum Gasteiger partial charge on any atom is 0.247 e. The fraction of sp³-hybridized carbons (Fsp3) is 0.472. The number of benzene rings is 2. The lowest BCUT2D eigenvalue weighted by atomic mass is 9.99. The molecule has 11 nitrogen and oxygen atoms in total. The van der Waals surface area contributed by atoms with Gasteiger partial charge < -0.3 is 20.3 Å². The number of aromatic nitrogens is 2. The highest BCUT2D eigenvalue weighted by atomic mass is 19.1. The predicted molar refractivity (Wildman–Crippen MR) is 185 cm³/mol. The van der Waals surface area contributed by atoms with Crippen LogP contribution in [0, 0.1) is 11.6 Å². The van der Waals surface area contributed by atoms with Crippen LogP contribution in [0.25, 0.3) is 0 Å². The first-order valence-corrected chi connectivity index (χ1v) is 17.2. The third-order valence-corrected chi connectivity index (χ3v) is 10.2. The summed E-state index contributed by atoms with van der Waals surface area (Å²) >= 11 is 0. The highest BCUT2D eigenvalue weighted by Crippen LogP contribution is 2.41. The molecule has 0 spiro atoms. The number of nitrogens with one attached hydrogen (secondary N) is 2. The monoisotopic (exact) mass is 674 g/mol. The Morgan fingerprint density at radius 3 is 2.47 bits per heavy atom. The molecule has 0 bridgehead atoms. The quantitative estimate of drug-likeness (QED) is 0.263. The molecule has 3 aliphatic heterocycles. The zero-order chi connectivity index (χ0) is 34.1. The third kappa shape index (κ3) is 7.06. The van der Waals surface area contributed by atoms with Crippen LogP contribution in [-0.4, -0.2) is 90.2 Å². The Balaban J connectivity index is 1.09. The van der Waals surface area contributed by atoms with Crippen LogP contribution in [0.1, 0.15) is 50.6 Å². The Hall–Kier alpha value is -4.33. The van der Waals surface area contributed by atoms with E-state index in [4.69, 9.17) is 9.57 Å². The summed E-state index contributed by atoms with van der Waals surface area (Å²) in [7, 11) is 1.60. The molecule has 4 fully saturated rings. The number of ether oxygens (including phenoxy) is 1. The lowest BCUT2D eigenvalue weighted by molar-refractivity contribution is -0.111. The summed E-state index contributed by atoms with van der Waals surface area (Å²) in [5.74, 6) is -0.309. The van der Waals surface area contributed by atoms with E-state index in [-0.39, 0.29) is 18.1 Å². The van der Waals surface area contributed by atoms with Crippen LogP contribution in [0.4, 0.5) is 37.5 Å². The Morgan fingerprint density at radius 1 is 1.00 bits per heavy atom. The lowest BCUT2D eigenvalue weighted by Gasteiger charge is -2.46. The highest BCUT2D eigenvalue weighted by Gasteiger charge is 2.38. The molecule has 1 saturated carbocycles. The van der Waals surface area contributed by atoms with Gasteiger partial charge in [-0.1, -0.05) is 12.6 Å². The van der Waals surface area contributed by atoms with Gasteiger partial charge in [0, 0.05) is 75.0 Å². The molecule has 3 saturated heterocycles. The van der Waals surface area contributed by atoms with E-state index >= 15 is 0 Å². The van der Waals surface area contributed by atoms with Gasteiger partial charge in [0.25, 0.3) is 0 Å². The molecular formula is C36H44F2N8O3. The van der Waals surface area contributed by atoms with Gasteiger partial charge in [-0.2, -0.15) is 0 Å². The van der Waals surface area contributed by atoms with E-state index in [0.717, 1.165) is 57.3 Å². The van der Waals surface area contributed by atoms with Gasteiger partial charge in [0.15, 0.2) is 5.82 Å². The summed E-state index contributed by atoms with van der Waals surface area (Å²) < 4.78 is 35.2. The van der Waals surface area contributed by atoms with Gasteiger partial charge in [0.2, 0.25) is 5.91 Å². The molecule has 0 unspecified atom stereocenters. The van der Waals surface area contributed by atoms with Crippen LogP contribution < -0.4 is 25.3 Å². The van der Waals surface area contributed by atoms with Gasteiger partial charge in [0.1, 0.15) is 29.5 Å². The van der Waals surface area contributed by atoms with Crippen LogP contribution >= 0.6 is 0 Å². The molecule has 2 N–H and O–H groups in total. The first-order valence-electron chi connectivity index (χ1n) is 17.2. The minimum atomic E-state index is -0.696. The van der Waals surface area contributed by atoms with Crippen LogP contribution in [0.15, 0.2) is 55.4 Å². The third-order valence-electron chi connectivity index (χ3n) is 10.2. The number of nitrogens with zero attached hydrogens (tertiary/aromatic N) is 6. The minimum absolute atomic E-state index is 0.0669. The maximum absolute atomic E-state index is 14.7. The van der Waals surface area contributed by atoms with E-state index in [2.05, 4.69) is 48.8 Å². The molecule has 49 heavy (non-hydrogen) atoms. The zero-order valence-corrected chi connectivity index (χ0v) is 28.1. The molecule has 1 amide bonds. The van der Waals surface area contributed by atoms with Crippen molar-refractivity contribution in [1.29, 1.82) is 0 Å². The van der Waals surface area contributed by atoms with Crippen molar-refractivity contribution in [2.24, 2.45) is 0 Å². The predicted octanol–water partition coefficient (Wildman–Crippen LogP) is 5.65. The standard InChI is InChI=1S/C36H44F2N8O3/c1-4-35(47)42-28-18-29(41-33-20-34(40-22-39-33)46-30(12-17-49-46)36-26(37)6-5-7-27(36)38)32(48-3)19-31(28)43-13-10-24(11-14-43)44-15-16-45(23(2)21-44)25-8-9-25/h4-7,18-20,22-25,30H,1,8-17,21H2,2-3H3,(H,42,47)(H,39,40,41)/t23-,30+/m0/s1. The van der Waals surface area contributed by atoms with Crippen LogP contribution in [-0.2, 0) is 9.63 Å². The number of hydroxylamine groups is 1. The second-order valence-corrected chi connectivity index (χ2v) is 13.3. The molecule has 260 valence electrons. The van der Waals surface area contributed by atoms with E-state index in [1.165, 1.54) is 48.5 Å². The average Bonchev–Trinajstić information content (AvgIpc) is 3.84. The second kappa shape index (κ2) is 14.3. The zero-order valence-electron chi connectivity index (χ0n) is 28.1. The van der Waals surface area contributed by atoms with E-state index in [1.54, 1.807) is 13.2 Å². The number of methoxy groups -OCH3 is 1. The van der Waals surface area contributed by atoms with Crippen molar-refractivity contribution in [3.63, 3.8) is 0 Å². The summed E-state index contributed by atoms with van der Waals surface area (Å²) in [6.45, 7) is 11.4. The summed E-state index contributed by atoms with van der Waals surface area (Å²) in [5, 5.41) is 7.69. The van der Waals surface area contributed by atoms with Crippen molar-refractivity contribution in [1.82, 2.24) is 19.8 Å². The Bertz CT molecular complexity index is 1660. The van der Waals surface area contributed by atoms with Crippen molar-refractivity contribution < 1.29 is 23.1 Å². The van der Waals surface area contributed by atoms with Crippen molar-refractivity contribution in [3.05, 3.63) is 72.6 Å². The van der Waals surface area contributed by atoms with Gasteiger partial charge in [-0.25, -0.2) is 23.8 Å². The van der Waals surface area contributed by atoms with E-state index in [9.17, 15) is 13.6 Å². The van der Waals surface area contributed by atoms with E-state index in [1.807, 2.05) is 12.1 Å². The Labute approximate surface area is 285 Å². The minimum Gasteiger partial charge on any atom is -0.494 e. The highest BCUT2D eigenvalue weighted by molar-refractivity contribution is 6.02. The number of anilines is 5. The number of carbonyl (C=O) groups excluding carboxylic acids is 1. The molecule has 4 heterocycles. The molecule has 0 radical (unpaired) electrons. The fourth-order valence-corrected chi connectivity index (χ4v) is 7.59. The molecule has 2 aromatic carbocycles. The van der Waals surface area contributed by atoms with Crippen molar-refractivity contribution in [2.45, 2.75) is 63.2 Å². The second-order valence-electron chi connectivity index (χ2n) is 13.3. The molecule has 2 atom stereocenters. The molecule has 1 aliphatic carbocycles. The number of amides is 1. The summed E-state index contributed by atoms with van der Waals surface area (Å²) in [5.41, 5.74) is 1.98. The normalized spacial score (nSPS) is 22.3. The van der Waals surface area contributed by atoms with E-state index in [0.29, 0.717) is 47.3 Å². The largest absolute Gasteiger partial charge is 0.494 e. The number of hydrogen-bond donors (Lipinski definition) is 2. The molecule has 7 rings (SSSR count). The molecular weight excluding hydrogens is 630 g/mol. The first-order chi connectivity index (χ1) is 23.8. The number of carbonyl (C=O) groups is 1. The van der Waals surface area contributed by atoms with Gasteiger partial charge in [-0.15, -0.1) is 0 Å². The SMILES string of the molecule is C=CC(=O)Nc1cc(Nc2cc(N3OCC[C@@H]3c3c(F)cccc3F)ncn2)c(OC)cc1N1CCC(N2CCN(C3CC3)[C@@H](C)C2)CC1. The molecule has 1 aromatic heterocycles. The summed E-state index contributed by atoms with van der Waals surface area (Å²) in [6.07, 6.45) is 7.75. The van der Waals surface area contributed by atoms with E-state index < -0.39 is 17.7 Å². The van der Waals surface area contributed by atoms with Crippen LogP contribution in [0.2, 0.25) is 0 Å². The molecule has 3 aromatic rings. The fourth-order valence-electron chi connectivity index (χ4n) is 7.59. The number of halogens is 2. The summed E-state index contributed by atoms with van der Waals surface area (Å²) in [6, 6.07) is 10.4. The number of piperazine rings is 1. The van der Waals surface area contributed by atoms with Gasteiger partial charge >= 0.3 is 0 Å².